The molecule has 0 unspecified atom stereocenters. The monoisotopic (exact) mass is 453 g/mol. The lowest BCUT2D eigenvalue weighted by atomic mass is 10.1. The van der Waals surface area contributed by atoms with Crippen molar-refractivity contribution in [2.75, 3.05) is 13.1 Å². The number of nitrogens with zero attached hydrogens (tertiary/aromatic N) is 4. The molecule has 32 heavy (non-hydrogen) atoms. The minimum atomic E-state index is -3.61. The van der Waals surface area contributed by atoms with Gasteiger partial charge < -0.3 is 5.32 Å². The van der Waals surface area contributed by atoms with Crippen molar-refractivity contribution in [3.8, 4) is 0 Å². The van der Waals surface area contributed by atoms with Gasteiger partial charge in [0.25, 0.3) is 5.91 Å². The highest BCUT2D eigenvalue weighted by Gasteiger charge is 2.28. The first kappa shape index (κ1) is 22.2. The van der Waals surface area contributed by atoms with E-state index in [1.165, 1.54) is 16.7 Å². The van der Waals surface area contributed by atoms with Crippen LogP contribution in [0, 0.1) is 6.92 Å². The molecule has 0 radical (unpaired) electrons. The Balaban J connectivity index is 1.45. The second-order valence-electron chi connectivity index (χ2n) is 8.04. The van der Waals surface area contributed by atoms with Gasteiger partial charge in [-0.2, -0.15) is 9.40 Å². The normalized spacial score (nSPS) is 14.9. The molecule has 1 aliphatic heterocycles. The third-order valence-corrected chi connectivity index (χ3v) is 7.68. The Morgan fingerprint density at radius 3 is 2.59 bits per heavy atom. The van der Waals surface area contributed by atoms with Crippen molar-refractivity contribution in [3.05, 3.63) is 77.4 Å². The van der Waals surface area contributed by atoms with Gasteiger partial charge >= 0.3 is 0 Å². The van der Waals surface area contributed by atoms with Crippen LogP contribution in [-0.2, 0) is 23.1 Å². The summed E-state index contributed by atoms with van der Waals surface area (Å²) in [4.78, 5) is 16.9. The summed E-state index contributed by atoms with van der Waals surface area (Å²) in [5, 5.41) is 7.00. The van der Waals surface area contributed by atoms with Crippen LogP contribution in [0.15, 0.2) is 60.0 Å². The van der Waals surface area contributed by atoms with Gasteiger partial charge in [0, 0.05) is 25.2 Å². The Kier molecular flexibility index (Phi) is 6.66. The molecule has 8 nitrogen and oxygen atoms in total. The van der Waals surface area contributed by atoms with Crippen molar-refractivity contribution < 1.29 is 13.2 Å². The predicted molar refractivity (Wildman–Crippen MR) is 121 cm³/mol. The lowest BCUT2D eigenvalue weighted by molar-refractivity contribution is 0.0950. The van der Waals surface area contributed by atoms with Crippen molar-refractivity contribution in [1.82, 2.24) is 24.4 Å². The first-order valence-electron chi connectivity index (χ1n) is 10.7. The van der Waals surface area contributed by atoms with Gasteiger partial charge in [-0.05, 0) is 48.6 Å². The third kappa shape index (κ3) is 5.05. The third-order valence-electron chi connectivity index (χ3n) is 5.64. The minimum absolute atomic E-state index is 0.210. The highest BCUT2D eigenvalue weighted by molar-refractivity contribution is 7.89. The van der Waals surface area contributed by atoms with Crippen LogP contribution in [0.2, 0.25) is 0 Å². The van der Waals surface area contributed by atoms with E-state index in [-0.39, 0.29) is 10.8 Å². The van der Waals surface area contributed by atoms with E-state index in [4.69, 9.17) is 0 Å². The second kappa shape index (κ2) is 9.62. The maximum absolute atomic E-state index is 13.1. The molecule has 2 heterocycles. The van der Waals surface area contributed by atoms with Crippen LogP contribution in [-0.4, -0.2) is 46.5 Å². The quantitative estimate of drug-likeness (QED) is 0.593. The molecule has 1 amide bonds. The number of sulfonamides is 1. The van der Waals surface area contributed by atoms with Gasteiger partial charge in [-0.25, -0.2) is 18.1 Å². The Bertz CT molecular complexity index is 1190. The highest BCUT2D eigenvalue weighted by atomic mass is 32.2. The molecular formula is C23H27N5O3S. The molecule has 1 fully saturated rings. The molecule has 0 aliphatic carbocycles. The minimum Gasteiger partial charge on any atom is -0.348 e. The number of carbonyl (C=O) groups excluding carboxylic acids is 1. The zero-order chi connectivity index (χ0) is 22.6. The Hall–Kier alpha value is -3.04. The largest absolute Gasteiger partial charge is 0.348 e. The summed E-state index contributed by atoms with van der Waals surface area (Å²) in [6, 6.07) is 12.7. The first-order valence-corrected chi connectivity index (χ1v) is 12.2. The number of rotatable bonds is 7. The molecule has 0 bridgehead atoms. The standard InChI is InChI=1S/C23H27N5O3S/c1-18-8-9-21(13-22(18)32(30,31)28-10-3-2-4-11-28)23(29)25-14-19-6-5-7-20(12-19)15-27-17-24-16-26-27/h5-9,12-13,16-17H,2-4,10-11,14-15H2,1H3,(H,25,29). The summed E-state index contributed by atoms with van der Waals surface area (Å²) in [7, 11) is -3.61. The van der Waals surface area contributed by atoms with Crippen LogP contribution < -0.4 is 5.32 Å². The van der Waals surface area contributed by atoms with Crippen LogP contribution in [0.3, 0.4) is 0 Å². The molecule has 1 N–H and O–H groups in total. The number of nitrogens with one attached hydrogen (secondary N) is 1. The summed E-state index contributed by atoms with van der Waals surface area (Å²) in [5.74, 6) is -0.304. The lowest BCUT2D eigenvalue weighted by Crippen LogP contribution is -2.36. The van der Waals surface area contributed by atoms with Crippen molar-refractivity contribution in [2.24, 2.45) is 0 Å². The summed E-state index contributed by atoms with van der Waals surface area (Å²) in [5.41, 5.74) is 2.98. The van der Waals surface area contributed by atoms with Crippen LogP contribution in [0.5, 0.6) is 0 Å². The van der Waals surface area contributed by atoms with Crippen LogP contribution in [0.1, 0.15) is 46.3 Å². The second-order valence-corrected chi connectivity index (χ2v) is 9.95. The number of benzene rings is 2. The molecule has 3 aromatic rings. The van der Waals surface area contributed by atoms with E-state index in [0.717, 1.165) is 30.4 Å². The maximum atomic E-state index is 13.1. The molecule has 168 valence electrons. The molecule has 0 atom stereocenters. The van der Waals surface area contributed by atoms with E-state index in [9.17, 15) is 13.2 Å². The van der Waals surface area contributed by atoms with Gasteiger partial charge in [-0.1, -0.05) is 36.8 Å². The molecule has 2 aromatic carbocycles. The molecular weight excluding hydrogens is 426 g/mol. The van der Waals surface area contributed by atoms with Crippen molar-refractivity contribution in [2.45, 2.75) is 44.2 Å². The summed E-state index contributed by atoms with van der Waals surface area (Å²) in [6.45, 7) is 3.76. The SMILES string of the molecule is Cc1ccc(C(=O)NCc2cccc(Cn3cncn3)c2)cc1S(=O)(=O)N1CCCCC1. The van der Waals surface area contributed by atoms with E-state index >= 15 is 0 Å². The first-order chi connectivity index (χ1) is 15.4. The summed E-state index contributed by atoms with van der Waals surface area (Å²) < 4.78 is 29.5. The summed E-state index contributed by atoms with van der Waals surface area (Å²) >= 11 is 0. The number of hydrogen-bond acceptors (Lipinski definition) is 5. The zero-order valence-electron chi connectivity index (χ0n) is 18.1. The number of hydrogen-bond donors (Lipinski definition) is 1. The number of aromatic nitrogens is 3. The molecule has 0 spiro atoms. The molecule has 9 heteroatoms. The van der Waals surface area contributed by atoms with Crippen molar-refractivity contribution >= 4 is 15.9 Å². The van der Waals surface area contributed by atoms with E-state index in [1.807, 2.05) is 24.3 Å². The smallest absolute Gasteiger partial charge is 0.251 e. The molecule has 4 rings (SSSR count). The number of piperidine rings is 1. The van der Waals surface area contributed by atoms with Gasteiger partial charge in [0.15, 0.2) is 0 Å². The zero-order valence-corrected chi connectivity index (χ0v) is 18.9. The van der Waals surface area contributed by atoms with Gasteiger partial charge in [0.2, 0.25) is 10.0 Å². The van der Waals surface area contributed by atoms with Gasteiger partial charge in [0.1, 0.15) is 12.7 Å². The van der Waals surface area contributed by atoms with Crippen LogP contribution in [0.4, 0.5) is 0 Å². The van der Waals surface area contributed by atoms with E-state index in [1.54, 1.807) is 30.1 Å². The average molecular weight is 454 g/mol. The number of carbonyl (C=O) groups is 1. The molecule has 1 aromatic heterocycles. The topological polar surface area (TPSA) is 97.2 Å². The molecule has 1 aliphatic rings. The Labute approximate surface area is 188 Å². The predicted octanol–water partition coefficient (Wildman–Crippen LogP) is 2.74. The van der Waals surface area contributed by atoms with Gasteiger partial charge in [-0.3, -0.25) is 4.79 Å². The summed E-state index contributed by atoms with van der Waals surface area (Å²) in [6.07, 6.45) is 5.93. The molecule has 0 saturated carbocycles. The van der Waals surface area contributed by atoms with Crippen LogP contribution >= 0.6 is 0 Å². The highest BCUT2D eigenvalue weighted by Crippen LogP contribution is 2.24. The van der Waals surface area contributed by atoms with E-state index in [0.29, 0.717) is 37.3 Å². The fourth-order valence-electron chi connectivity index (χ4n) is 3.89. The maximum Gasteiger partial charge on any atom is 0.251 e. The van der Waals surface area contributed by atoms with E-state index < -0.39 is 10.0 Å². The van der Waals surface area contributed by atoms with Gasteiger partial charge in [-0.15, -0.1) is 0 Å². The van der Waals surface area contributed by atoms with Crippen molar-refractivity contribution in [3.63, 3.8) is 0 Å². The number of aryl methyl sites for hydroxylation is 1. The molecule has 1 saturated heterocycles. The fraction of sp³-hybridized carbons (Fsp3) is 0.348. The van der Waals surface area contributed by atoms with Crippen molar-refractivity contribution in [1.29, 1.82) is 0 Å². The fourth-order valence-corrected chi connectivity index (χ4v) is 5.66. The Morgan fingerprint density at radius 1 is 1.06 bits per heavy atom. The van der Waals surface area contributed by atoms with Crippen LogP contribution in [0.25, 0.3) is 0 Å². The number of amides is 1. The lowest BCUT2D eigenvalue weighted by Gasteiger charge is -2.26. The Morgan fingerprint density at radius 2 is 1.84 bits per heavy atom. The van der Waals surface area contributed by atoms with Gasteiger partial charge in [0.05, 0.1) is 11.4 Å². The van der Waals surface area contributed by atoms with E-state index in [2.05, 4.69) is 15.4 Å². The average Bonchev–Trinajstić information content (AvgIpc) is 3.31.